The van der Waals surface area contributed by atoms with Crippen LogP contribution in [0.3, 0.4) is 0 Å². The Balaban J connectivity index is 0.890. The third kappa shape index (κ3) is 11.2. The molecule has 1 saturated heterocycles. The number of hydrogen-bond acceptors (Lipinski definition) is 5. The van der Waals surface area contributed by atoms with Crippen molar-refractivity contribution in [2.24, 2.45) is 17.3 Å². The summed E-state index contributed by atoms with van der Waals surface area (Å²) in [4.78, 5) is 7.16. The van der Waals surface area contributed by atoms with E-state index in [-0.39, 0.29) is 108 Å². The predicted molar refractivity (Wildman–Crippen MR) is 520 cm³/mol. The Hall–Kier alpha value is -14.1. The van der Waals surface area contributed by atoms with Gasteiger partial charge in [-0.3, -0.25) is 0 Å². The fraction of sp³-hybridized carbons (Fsp3) is 0.121. The minimum absolute atomic E-state index is 0.0123. The molecule has 1 spiro atoms. The smallest absolute Gasteiger partial charge is 0.252 e. The number of anilines is 12. The molecule has 7 heteroatoms. The van der Waals surface area contributed by atoms with E-state index >= 15 is 0 Å². The molecule has 8 aliphatic rings. The summed E-state index contributed by atoms with van der Waals surface area (Å²) in [7, 11) is 0. The van der Waals surface area contributed by atoms with Crippen LogP contribution >= 0.6 is 0 Å². The highest BCUT2D eigenvalue weighted by Crippen LogP contribution is 2.73. The molecule has 5 heterocycles. The first-order valence-electron chi connectivity index (χ1n) is 63.1. The summed E-state index contributed by atoms with van der Waals surface area (Å²) < 4.78 is 437. The van der Waals surface area contributed by atoms with Gasteiger partial charge in [0.15, 0.2) is 0 Å². The molecule has 584 valence electrons. The molecule has 5 nitrogen and oxygen atoms in total. The fourth-order valence-electron chi connectivity index (χ4n) is 21.5. The molecule has 4 fully saturated rings. The zero-order valence-corrected chi connectivity index (χ0v) is 65.8. The topological polar surface area (TPSA) is 25.0 Å². The summed E-state index contributed by atoms with van der Waals surface area (Å²) in [6.45, 7) is 3.00. The summed E-state index contributed by atoms with van der Waals surface area (Å²) >= 11 is 0. The van der Waals surface area contributed by atoms with Crippen molar-refractivity contribution in [3.05, 3.63) is 399 Å². The Kier molecular flexibility index (Phi) is 9.11. The van der Waals surface area contributed by atoms with Crippen LogP contribution in [-0.2, 0) is 5.41 Å². The Bertz CT molecular complexity index is 9520. The van der Waals surface area contributed by atoms with Crippen molar-refractivity contribution in [3.8, 4) is 100 Å². The number of nitrogens with one attached hydrogen (secondary N) is 1. The number of benzene rings is 17. The van der Waals surface area contributed by atoms with Gasteiger partial charge in [-0.05, 0) is 239 Å². The maximum Gasteiger partial charge on any atom is 0.252 e. The summed E-state index contributed by atoms with van der Waals surface area (Å²) in [5.41, 5.74) is -8.87. The molecule has 0 amide bonds. The van der Waals surface area contributed by atoms with E-state index in [1.165, 1.54) is 36.4 Å². The van der Waals surface area contributed by atoms with Gasteiger partial charge in [-0.15, -0.1) is 0 Å². The van der Waals surface area contributed by atoms with Gasteiger partial charge in [0.1, 0.15) is 0 Å². The van der Waals surface area contributed by atoms with E-state index in [4.69, 9.17) is 9.60 Å². The van der Waals surface area contributed by atoms with Crippen molar-refractivity contribution in [1.82, 2.24) is 0 Å². The van der Waals surface area contributed by atoms with Gasteiger partial charge >= 0.3 is 0 Å². The second-order valence-electron chi connectivity index (χ2n) is 33.4. The minimum Gasteiger partial charge on any atom is -0.365 e. The number of hydrogen-bond donors (Lipinski definition) is 1. The quantitative estimate of drug-likeness (QED) is 0.116. The number of fused-ring (bicyclic) bond motifs is 10. The van der Waals surface area contributed by atoms with E-state index in [0.29, 0.717) is 53.3 Å². The number of piperidine rings is 1. The minimum atomic E-state index is -1.43. The Morgan fingerprint density at radius 3 is 0.984 bits per heavy atom. The normalized spacial score (nSPS) is 23.2. The van der Waals surface area contributed by atoms with Crippen LogP contribution in [0.25, 0.3) is 100 Å². The molecule has 0 radical (unpaired) electrons. The summed E-state index contributed by atoms with van der Waals surface area (Å²) in [6, 6.07) is -9.82. The van der Waals surface area contributed by atoms with Gasteiger partial charge in [-0.1, -0.05) is 335 Å². The molecule has 123 heavy (non-hydrogen) atoms. The third-order valence-electron chi connectivity index (χ3n) is 26.4. The van der Waals surface area contributed by atoms with Crippen LogP contribution in [0.5, 0.6) is 0 Å². The van der Waals surface area contributed by atoms with Crippen LogP contribution in [0, 0.1) is 17.3 Å². The fourth-order valence-corrected chi connectivity index (χ4v) is 21.5. The van der Waals surface area contributed by atoms with E-state index in [9.17, 15) is 52.1 Å². The zero-order valence-electron chi connectivity index (χ0n) is 111. The maximum absolute atomic E-state index is 10.5. The molecule has 0 aromatic heterocycles. The van der Waals surface area contributed by atoms with E-state index in [1.807, 2.05) is 51.1 Å². The number of para-hydroxylation sites is 2. The largest absolute Gasteiger partial charge is 0.365 e. The number of rotatable bonds is 13. The molecular formula is C116H89B2N5. The van der Waals surface area contributed by atoms with Gasteiger partial charge in [0.2, 0.25) is 0 Å². The summed E-state index contributed by atoms with van der Waals surface area (Å²) in [6.07, 6.45) is 3.42. The number of nitrogens with zero attached hydrogens (tertiary/aromatic N) is 4. The second-order valence-corrected chi connectivity index (χ2v) is 33.4. The van der Waals surface area contributed by atoms with Crippen LogP contribution in [0.4, 0.5) is 68.2 Å². The van der Waals surface area contributed by atoms with Gasteiger partial charge in [-0.25, -0.2) is 0 Å². The summed E-state index contributed by atoms with van der Waals surface area (Å²) in [5, 5.41) is 3.86. The molecule has 4 atom stereocenters. The Labute approximate surface area is 785 Å². The van der Waals surface area contributed by atoms with Crippen molar-refractivity contribution in [2.45, 2.75) is 70.4 Å². The zero-order chi connectivity index (χ0) is 121. The molecule has 25 rings (SSSR count). The van der Waals surface area contributed by atoms with Crippen molar-refractivity contribution in [3.63, 3.8) is 0 Å². The van der Waals surface area contributed by atoms with E-state index in [2.05, 4.69) is 10.2 Å². The lowest BCUT2D eigenvalue weighted by atomic mass is 9.30. The molecule has 3 saturated carbocycles. The molecule has 3 bridgehead atoms. The van der Waals surface area contributed by atoms with Crippen LogP contribution in [0.15, 0.2) is 393 Å². The van der Waals surface area contributed by atoms with E-state index in [0.717, 1.165) is 6.42 Å². The predicted octanol–water partition coefficient (Wildman–Crippen LogP) is 26.2. The van der Waals surface area contributed by atoms with Gasteiger partial charge in [-0.2, -0.15) is 0 Å². The van der Waals surface area contributed by atoms with E-state index < -0.39 is 391 Å². The van der Waals surface area contributed by atoms with Crippen molar-refractivity contribution < 1.29 is 61.7 Å². The van der Waals surface area contributed by atoms with Gasteiger partial charge in [0.05, 0.1) is 78.7 Å². The molecule has 3 aliphatic carbocycles. The van der Waals surface area contributed by atoms with Crippen molar-refractivity contribution >= 4 is 114 Å². The SMILES string of the molecule is [2H]c1c([2H])c([2H])c(-c2cc(-c3c([2H])c([2H])c([2H])c([2H])c3[2H])c(N3c4ccccc4B4c5cc6c(cc5Nc5cc(C(C)(C)C)cc3c54)N(c3c(-c4c([2H])c([2H])c([2H])c([2H])c4[2H])cc(-c4c([2H])c([2H])c([2H])c([2H])c4[2H])cc3-c3c([2H])c([2H])c([2H])c([2H])c3[2H])c3cc(N4C5CC7CC8CC4CC78C5)cc4c3B6c3ccccc3N4c3c(-c4c([2H])c([2H])c([2H])c([2H])c4[2H])cc(-c4c([2H])c([2H])c([2H])c([2H])c4[2H])cc3-c3c([2H])c([2H])c([2H])c([2H])c3[2H])c(-c3c([2H])c([2H])c([2H])c([2H])c3[2H])c2)c([2H])c1[2H]. The Morgan fingerprint density at radius 1 is 0.301 bits per heavy atom. The lowest BCUT2D eigenvalue weighted by molar-refractivity contribution is 0.00224. The molecular weight excluding hydrogens is 1480 g/mol. The van der Waals surface area contributed by atoms with Crippen molar-refractivity contribution in [2.75, 3.05) is 24.9 Å². The lowest BCUT2D eigenvalue weighted by Crippen LogP contribution is -2.65. The average molecular weight is 1620 g/mol. The highest BCUT2D eigenvalue weighted by Gasteiger charge is 2.69. The molecule has 5 aliphatic heterocycles. The maximum atomic E-state index is 10.5. The first-order valence-corrected chi connectivity index (χ1v) is 40.6. The molecule has 4 unspecified atom stereocenters. The van der Waals surface area contributed by atoms with E-state index in [1.54, 1.807) is 69.3 Å². The average Bonchev–Trinajstić information content (AvgIpc) is 1.45. The standard InChI is InChI=1S/C116H89B2N5/c1-115(2,3)86-66-103-110-107(67-86)121(112-92(77-41-19-7-20-42-77)57-83(74-35-13-4-14-36-74)58-93(112)78-43-21-8-22-44-78)104-55-33-31-53-98(104)117(110)100-70-101-106(71-102(100)119-103)123(114-96(81-49-27-11-28-50-81)61-85(76-39-17-6-18-40-76)62-97(114)82-51-29-12-30-52-82)109-69-89(120-90-64-87-63-88-65-91(120)73-116(87,88)72-90)68-108-111(109)118(101)99-54-32-34-56-105(99)122(108)113-94(79-45-23-9-24-46-79)59-84(75-37-15-5-16-38-75)60-95(113)80-47-25-10-26-48-80/h4-62,66-71,87-88,90-91,119H,63-65,72-73H2,1-3H3/i4D,5D,6D,7D,8D,9D,10D,11D,12D,13D,14D,15D,16D,17D,18D,19D,20D,21D,22D,23D,24D,25D,26D,27D,28D,29D,30D,35D,36D,37D,38D,39D,40D,41D,42D,43D,44D,45D,46D,47D,48D,49D,50D,51D,52D. The van der Waals surface area contributed by atoms with Crippen molar-refractivity contribution in [1.29, 1.82) is 0 Å². The second kappa shape index (κ2) is 28.0. The highest BCUT2D eigenvalue weighted by atomic mass is 15.3. The molecule has 17 aromatic carbocycles. The molecule has 17 aromatic rings. The molecule has 1 N–H and O–H groups in total. The van der Waals surface area contributed by atoms with Crippen LogP contribution in [0.2, 0.25) is 0 Å². The van der Waals surface area contributed by atoms with Gasteiger partial charge in [0.25, 0.3) is 13.4 Å². The first-order chi connectivity index (χ1) is 79.2. The monoisotopic (exact) mass is 1620 g/mol. The highest BCUT2D eigenvalue weighted by molar-refractivity contribution is 7.03. The Morgan fingerprint density at radius 2 is 0.626 bits per heavy atom. The lowest BCUT2D eigenvalue weighted by Gasteiger charge is -2.49. The van der Waals surface area contributed by atoms with Crippen LogP contribution < -0.4 is 57.7 Å². The first kappa shape index (κ1) is 40.0. The third-order valence-corrected chi connectivity index (χ3v) is 26.4. The summed E-state index contributed by atoms with van der Waals surface area (Å²) in [5.74, 6) is 0.413. The van der Waals surface area contributed by atoms with Crippen LogP contribution in [0.1, 0.15) is 120 Å². The van der Waals surface area contributed by atoms with Crippen LogP contribution in [-0.4, -0.2) is 25.5 Å². The van der Waals surface area contributed by atoms with Gasteiger partial charge in [0, 0.05) is 96.7 Å². The van der Waals surface area contributed by atoms with Gasteiger partial charge < -0.3 is 24.9 Å².